The maximum absolute atomic E-state index is 10.8. The number of primary amides is 1. The summed E-state index contributed by atoms with van der Waals surface area (Å²) in [7, 11) is 0. The van der Waals surface area contributed by atoms with Crippen molar-refractivity contribution in [2.24, 2.45) is 11.7 Å². The Morgan fingerprint density at radius 1 is 1.55 bits per heavy atom. The normalized spacial score (nSPS) is 10.2. The van der Waals surface area contributed by atoms with E-state index in [2.05, 4.69) is 13.8 Å². The van der Waals surface area contributed by atoms with Crippen LogP contribution in [0.25, 0.3) is 0 Å². The van der Waals surface area contributed by atoms with Gasteiger partial charge in [-0.25, -0.2) is 4.79 Å². The van der Waals surface area contributed by atoms with Crippen LogP contribution in [0.3, 0.4) is 0 Å². The number of nitrogens with zero attached hydrogens (tertiary/aromatic N) is 1. The Morgan fingerprint density at radius 2 is 2.09 bits per heavy atom. The Hall–Kier alpha value is -0.730. The molecule has 0 heterocycles. The average Bonchev–Trinajstić information content (AvgIpc) is 1.86. The van der Waals surface area contributed by atoms with Crippen molar-refractivity contribution in [2.45, 2.75) is 27.2 Å². The van der Waals surface area contributed by atoms with Gasteiger partial charge >= 0.3 is 6.03 Å². The minimum Gasteiger partial charge on any atom is -0.351 e. The van der Waals surface area contributed by atoms with Crippen molar-refractivity contribution < 1.29 is 4.79 Å². The topological polar surface area (TPSA) is 46.3 Å². The van der Waals surface area contributed by atoms with Crippen LogP contribution in [0.15, 0.2) is 0 Å². The van der Waals surface area contributed by atoms with E-state index in [1.807, 2.05) is 6.92 Å². The molecule has 3 heteroatoms. The predicted molar refractivity (Wildman–Crippen MR) is 46.3 cm³/mol. The summed E-state index contributed by atoms with van der Waals surface area (Å²) >= 11 is 0. The van der Waals surface area contributed by atoms with E-state index in [1.165, 1.54) is 0 Å². The van der Waals surface area contributed by atoms with E-state index >= 15 is 0 Å². The Kier molecular flexibility index (Phi) is 4.66. The van der Waals surface area contributed by atoms with Crippen molar-refractivity contribution in [2.75, 3.05) is 13.1 Å². The molecular formula is C8H18N2O. The monoisotopic (exact) mass is 158 g/mol. The smallest absolute Gasteiger partial charge is 0.314 e. The van der Waals surface area contributed by atoms with Crippen LogP contribution in [0, 0.1) is 5.92 Å². The van der Waals surface area contributed by atoms with Gasteiger partial charge in [-0.2, -0.15) is 0 Å². The van der Waals surface area contributed by atoms with Gasteiger partial charge in [-0.15, -0.1) is 0 Å². The minimum absolute atomic E-state index is 0.305. The summed E-state index contributed by atoms with van der Waals surface area (Å²) in [6.45, 7) is 7.73. The summed E-state index contributed by atoms with van der Waals surface area (Å²) in [6.07, 6.45) is 0.968. The van der Waals surface area contributed by atoms with Crippen molar-refractivity contribution in [3.63, 3.8) is 0 Å². The van der Waals surface area contributed by atoms with Gasteiger partial charge in [0.1, 0.15) is 0 Å². The van der Waals surface area contributed by atoms with Crippen LogP contribution in [0.1, 0.15) is 27.2 Å². The molecule has 0 atom stereocenters. The fourth-order valence-corrected chi connectivity index (χ4v) is 1.00. The van der Waals surface area contributed by atoms with Crippen molar-refractivity contribution in [1.29, 1.82) is 0 Å². The third-order valence-electron chi connectivity index (χ3n) is 1.39. The molecule has 0 aliphatic heterocycles. The molecule has 0 saturated heterocycles. The fourth-order valence-electron chi connectivity index (χ4n) is 1.00. The van der Waals surface area contributed by atoms with Crippen molar-refractivity contribution in [3.8, 4) is 0 Å². The molecule has 0 rings (SSSR count). The van der Waals surface area contributed by atoms with Gasteiger partial charge in [0.05, 0.1) is 0 Å². The second-order valence-corrected chi connectivity index (χ2v) is 3.18. The zero-order valence-corrected chi connectivity index (χ0v) is 7.63. The maximum Gasteiger partial charge on any atom is 0.314 e. The summed E-state index contributed by atoms with van der Waals surface area (Å²) < 4.78 is 0. The lowest BCUT2D eigenvalue weighted by molar-refractivity contribution is 0.200. The fraction of sp³-hybridized carbons (Fsp3) is 0.875. The van der Waals surface area contributed by atoms with Crippen LogP contribution in [-0.2, 0) is 0 Å². The molecule has 0 bridgehead atoms. The summed E-state index contributed by atoms with van der Waals surface area (Å²) in [6, 6.07) is -0.305. The van der Waals surface area contributed by atoms with E-state index in [1.54, 1.807) is 4.90 Å². The van der Waals surface area contributed by atoms with E-state index in [0.29, 0.717) is 5.92 Å². The van der Waals surface area contributed by atoms with Crippen molar-refractivity contribution in [1.82, 2.24) is 4.90 Å². The molecule has 0 aromatic rings. The molecule has 0 aliphatic carbocycles. The molecule has 2 amide bonds. The van der Waals surface area contributed by atoms with E-state index in [4.69, 9.17) is 5.73 Å². The number of urea groups is 1. The largest absolute Gasteiger partial charge is 0.351 e. The molecule has 0 fully saturated rings. The van der Waals surface area contributed by atoms with Crippen LogP contribution in [0.4, 0.5) is 4.79 Å². The molecule has 0 radical (unpaired) electrons. The number of carbonyl (C=O) groups is 1. The third kappa shape index (κ3) is 4.65. The summed E-state index contributed by atoms with van der Waals surface area (Å²) in [5.74, 6) is 0.494. The highest BCUT2D eigenvalue weighted by atomic mass is 16.2. The number of hydrogen-bond donors (Lipinski definition) is 1. The van der Waals surface area contributed by atoms with Gasteiger partial charge in [-0.1, -0.05) is 20.8 Å². The molecule has 2 N–H and O–H groups in total. The van der Waals surface area contributed by atoms with E-state index in [9.17, 15) is 4.79 Å². The Bertz CT molecular complexity index is 123. The average molecular weight is 158 g/mol. The molecule has 0 spiro atoms. The van der Waals surface area contributed by atoms with Gasteiger partial charge in [0.2, 0.25) is 0 Å². The summed E-state index contributed by atoms with van der Waals surface area (Å²) in [4.78, 5) is 12.5. The van der Waals surface area contributed by atoms with Crippen molar-refractivity contribution >= 4 is 6.03 Å². The SMILES string of the molecule is CCCN(CC(C)C)C(N)=O. The van der Waals surface area contributed by atoms with Crippen LogP contribution >= 0.6 is 0 Å². The first-order chi connectivity index (χ1) is 5.07. The molecule has 0 unspecified atom stereocenters. The van der Waals surface area contributed by atoms with Gasteiger partial charge in [-0.05, 0) is 12.3 Å². The lowest BCUT2D eigenvalue weighted by Crippen LogP contribution is -2.38. The lowest BCUT2D eigenvalue weighted by Gasteiger charge is -2.21. The summed E-state index contributed by atoms with van der Waals surface area (Å²) in [5, 5.41) is 0. The number of rotatable bonds is 4. The molecule has 11 heavy (non-hydrogen) atoms. The van der Waals surface area contributed by atoms with Crippen LogP contribution < -0.4 is 5.73 Å². The highest BCUT2D eigenvalue weighted by Gasteiger charge is 2.08. The first-order valence-corrected chi connectivity index (χ1v) is 4.12. The molecule has 0 aromatic heterocycles. The second-order valence-electron chi connectivity index (χ2n) is 3.18. The minimum atomic E-state index is -0.305. The molecule has 3 nitrogen and oxygen atoms in total. The maximum atomic E-state index is 10.8. The van der Waals surface area contributed by atoms with E-state index in [0.717, 1.165) is 19.5 Å². The van der Waals surface area contributed by atoms with Gasteiger partial charge < -0.3 is 10.6 Å². The number of carbonyl (C=O) groups excluding carboxylic acids is 1. The van der Waals surface area contributed by atoms with E-state index in [-0.39, 0.29) is 6.03 Å². The zero-order chi connectivity index (χ0) is 8.85. The van der Waals surface area contributed by atoms with Crippen molar-refractivity contribution in [3.05, 3.63) is 0 Å². The van der Waals surface area contributed by atoms with Gasteiger partial charge in [0, 0.05) is 13.1 Å². The lowest BCUT2D eigenvalue weighted by atomic mass is 10.2. The molecule has 0 saturated carbocycles. The third-order valence-corrected chi connectivity index (χ3v) is 1.39. The van der Waals surface area contributed by atoms with Gasteiger partial charge in [-0.3, -0.25) is 0 Å². The number of amides is 2. The zero-order valence-electron chi connectivity index (χ0n) is 7.63. The molecule has 66 valence electrons. The Morgan fingerprint density at radius 3 is 2.36 bits per heavy atom. The van der Waals surface area contributed by atoms with Crippen LogP contribution in [0.5, 0.6) is 0 Å². The molecule has 0 aliphatic rings. The Balaban J connectivity index is 3.79. The standard InChI is InChI=1S/C8H18N2O/c1-4-5-10(8(9)11)6-7(2)3/h7H,4-6H2,1-3H3,(H2,9,11). The van der Waals surface area contributed by atoms with Crippen LogP contribution in [-0.4, -0.2) is 24.0 Å². The van der Waals surface area contributed by atoms with Gasteiger partial charge in [0.15, 0.2) is 0 Å². The quantitative estimate of drug-likeness (QED) is 0.661. The van der Waals surface area contributed by atoms with E-state index < -0.39 is 0 Å². The van der Waals surface area contributed by atoms with Gasteiger partial charge in [0.25, 0.3) is 0 Å². The number of hydrogen-bond acceptors (Lipinski definition) is 1. The first kappa shape index (κ1) is 10.3. The highest BCUT2D eigenvalue weighted by molar-refractivity contribution is 5.71. The number of nitrogens with two attached hydrogens (primary N) is 1. The summed E-state index contributed by atoms with van der Waals surface area (Å²) in [5.41, 5.74) is 5.16. The second kappa shape index (κ2) is 4.99. The van der Waals surface area contributed by atoms with Crippen LogP contribution in [0.2, 0.25) is 0 Å². The predicted octanol–water partition coefficient (Wildman–Crippen LogP) is 1.43. The first-order valence-electron chi connectivity index (χ1n) is 4.12. The highest BCUT2D eigenvalue weighted by Crippen LogP contribution is 1.98. The molecule has 0 aromatic carbocycles. The Labute approximate surface area is 68.6 Å². The molecular weight excluding hydrogens is 140 g/mol.